The highest BCUT2D eigenvalue weighted by molar-refractivity contribution is 5.85. The van der Waals surface area contributed by atoms with E-state index in [9.17, 15) is 4.79 Å². The molecule has 104 valence electrons. The second-order valence-corrected chi connectivity index (χ2v) is 4.62. The number of nitrogens with zero attached hydrogens (tertiary/aromatic N) is 1. The Kier molecular flexibility index (Phi) is 4.17. The number of carbonyl (C=O) groups is 1. The highest BCUT2D eigenvalue weighted by Crippen LogP contribution is 2.36. The fourth-order valence-corrected chi connectivity index (χ4v) is 2.63. The fraction of sp³-hybridized carbons (Fsp3) is 0.462. The van der Waals surface area contributed by atoms with Crippen molar-refractivity contribution in [3.63, 3.8) is 0 Å². The quantitative estimate of drug-likeness (QED) is 0.919. The van der Waals surface area contributed by atoms with Crippen molar-refractivity contribution >= 4 is 18.4 Å². The van der Waals surface area contributed by atoms with Gasteiger partial charge in [-0.3, -0.25) is 9.69 Å². The second kappa shape index (κ2) is 5.67. The lowest BCUT2D eigenvalue weighted by Crippen LogP contribution is -2.35. The van der Waals surface area contributed by atoms with E-state index in [0.717, 1.165) is 36.4 Å². The largest absolute Gasteiger partial charge is 0.480 e. The van der Waals surface area contributed by atoms with E-state index in [1.54, 1.807) is 0 Å². The maximum atomic E-state index is 11.1. The maximum Gasteiger partial charge on any atom is 0.320 e. The third-order valence-electron chi connectivity index (χ3n) is 3.50. The van der Waals surface area contributed by atoms with Gasteiger partial charge in [0.05, 0.1) is 0 Å². The molecule has 3 rings (SSSR count). The molecule has 1 fully saturated rings. The van der Waals surface area contributed by atoms with E-state index in [0.29, 0.717) is 6.54 Å². The van der Waals surface area contributed by atoms with Crippen LogP contribution in [0.2, 0.25) is 0 Å². The minimum atomic E-state index is -0.739. The number of carboxylic acid groups (broad SMARTS) is 1. The molecule has 1 aromatic carbocycles. The lowest BCUT2D eigenvalue weighted by molar-refractivity contribution is -0.142. The molecule has 2 aliphatic rings. The van der Waals surface area contributed by atoms with Crippen molar-refractivity contribution in [3.8, 4) is 11.5 Å². The molecule has 1 saturated heterocycles. The van der Waals surface area contributed by atoms with Crippen LogP contribution in [0.25, 0.3) is 0 Å². The Balaban J connectivity index is 0.00000133. The van der Waals surface area contributed by atoms with Gasteiger partial charge in [0.2, 0.25) is 6.79 Å². The molecular weight excluding hydrogens is 270 g/mol. The average Bonchev–Trinajstić information content (AvgIpc) is 2.96. The predicted octanol–water partition coefficient (Wildman–Crippen LogP) is 1.89. The lowest BCUT2D eigenvalue weighted by atomic mass is 10.1. The van der Waals surface area contributed by atoms with E-state index >= 15 is 0 Å². The zero-order valence-corrected chi connectivity index (χ0v) is 11.2. The molecule has 0 aromatic heterocycles. The van der Waals surface area contributed by atoms with Gasteiger partial charge < -0.3 is 14.6 Å². The van der Waals surface area contributed by atoms with Crippen LogP contribution >= 0.6 is 12.4 Å². The second-order valence-electron chi connectivity index (χ2n) is 4.62. The molecule has 0 radical (unpaired) electrons. The van der Waals surface area contributed by atoms with Crippen LogP contribution in [0.5, 0.6) is 11.5 Å². The van der Waals surface area contributed by atoms with Crippen molar-refractivity contribution in [1.29, 1.82) is 0 Å². The first-order valence-electron chi connectivity index (χ1n) is 6.10. The normalized spacial score (nSPS) is 21.2. The zero-order chi connectivity index (χ0) is 12.5. The number of aliphatic carboxylic acids is 1. The number of carboxylic acids is 1. The number of hydrogen-bond donors (Lipinski definition) is 1. The van der Waals surface area contributed by atoms with E-state index < -0.39 is 5.97 Å². The first kappa shape index (κ1) is 14.0. The highest BCUT2D eigenvalue weighted by Gasteiger charge is 2.31. The summed E-state index contributed by atoms with van der Waals surface area (Å²) in [5, 5.41) is 9.16. The fourth-order valence-electron chi connectivity index (χ4n) is 2.63. The number of ether oxygens (including phenoxy) is 2. The molecule has 1 aromatic rings. The molecule has 0 spiro atoms. The van der Waals surface area contributed by atoms with Gasteiger partial charge in [-0.15, -0.1) is 12.4 Å². The summed E-state index contributed by atoms with van der Waals surface area (Å²) < 4.78 is 10.8. The van der Waals surface area contributed by atoms with E-state index in [-0.39, 0.29) is 25.2 Å². The molecule has 19 heavy (non-hydrogen) atoms. The molecule has 0 unspecified atom stereocenters. The summed E-state index contributed by atoms with van der Waals surface area (Å²) in [7, 11) is 0. The Morgan fingerprint density at radius 3 is 3.05 bits per heavy atom. The average molecular weight is 286 g/mol. The summed E-state index contributed by atoms with van der Waals surface area (Å²) in [5.41, 5.74) is 0.998. The molecule has 0 bridgehead atoms. The van der Waals surface area contributed by atoms with E-state index in [2.05, 4.69) is 0 Å². The highest BCUT2D eigenvalue weighted by atomic mass is 35.5. The van der Waals surface area contributed by atoms with Crippen LogP contribution in [-0.4, -0.2) is 35.4 Å². The van der Waals surface area contributed by atoms with Crippen LogP contribution in [0.4, 0.5) is 0 Å². The number of hydrogen-bond acceptors (Lipinski definition) is 4. The first-order chi connectivity index (χ1) is 8.75. The molecule has 5 nitrogen and oxygen atoms in total. The van der Waals surface area contributed by atoms with Crippen molar-refractivity contribution in [3.05, 3.63) is 23.8 Å². The zero-order valence-electron chi connectivity index (χ0n) is 10.4. The Hall–Kier alpha value is -1.46. The van der Waals surface area contributed by atoms with Crippen molar-refractivity contribution in [2.45, 2.75) is 25.4 Å². The number of para-hydroxylation sites is 1. The summed E-state index contributed by atoms with van der Waals surface area (Å²) in [6, 6.07) is 5.37. The Bertz CT molecular complexity index is 480. The van der Waals surface area contributed by atoms with Crippen LogP contribution in [-0.2, 0) is 11.3 Å². The van der Waals surface area contributed by atoms with Gasteiger partial charge in [0, 0.05) is 12.1 Å². The van der Waals surface area contributed by atoms with Gasteiger partial charge in [-0.1, -0.05) is 12.1 Å². The third-order valence-corrected chi connectivity index (χ3v) is 3.50. The summed E-state index contributed by atoms with van der Waals surface area (Å²) in [5.74, 6) is 0.768. The summed E-state index contributed by atoms with van der Waals surface area (Å²) >= 11 is 0. The molecule has 0 saturated carbocycles. The number of halogens is 1. The van der Waals surface area contributed by atoms with Crippen LogP contribution in [0.1, 0.15) is 18.4 Å². The summed E-state index contributed by atoms with van der Waals surface area (Å²) in [6.45, 7) is 1.67. The molecule has 6 heteroatoms. The van der Waals surface area contributed by atoms with Crippen LogP contribution in [0.3, 0.4) is 0 Å². The minimum Gasteiger partial charge on any atom is -0.480 e. The van der Waals surface area contributed by atoms with Crippen molar-refractivity contribution in [2.75, 3.05) is 13.3 Å². The number of likely N-dealkylation sites (tertiary alicyclic amines) is 1. The van der Waals surface area contributed by atoms with Gasteiger partial charge in [-0.25, -0.2) is 0 Å². The first-order valence-corrected chi connectivity index (χ1v) is 6.10. The Labute approximate surface area is 117 Å². The number of rotatable bonds is 3. The molecule has 0 amide bonds. The number of benzene rings is 1. The molecule has 0 aliphatic carbocycles. The molecule has 1 N–H and O–H groups in total. The third kappa shape index (κ3) is 2.62. The van der Waals surface area contributed by atoms with Crippen molar-refractivity contribution < 1.29 is 19.4 Å². The molecule has 1 atom stereocenters. The van der Waals surface area contributed by atoms with Crippen LogP contribution < -0.4 is 9.47 Å². The van der Waals surface area contributed by atoms with Crippen LogP contribution in [0, 0.1) is 0 Å². The van der Waals surface area contributed by atoms with Gasteiger partial charge >= 0.3 is 5.97 Å². The molecular formula is C13H16ClNO4. The predicted molar refractivity (Wildman–Crippen MR) is 70.9 cm³/mol. The van der Waals surface area contributed by atoms with Gasteiger partial charge in [0.15, 0.2) is 11.5 Å². The smallest absolute Gasteiger partial charge is 0.320 e. The summed E-state index contributed by atoms with van der Waals surface area (Å²) in [4.78, 5) is 13.1. The summed E-state index contributed by atoms with van der Waals surface area (Å²) in [6.07, 6.45) is 1.66. The minimum absolute atomic E-state index is 0. The van der Waals surface area contributed by atoms with Crippen LogP contribution in [0.15, 0.2) is 18.2 Å². The topological polar surface area (TPSA) is 59.0 Å². The Morgan fingerprint density at radius 2 is 2.26 bits per heavy atom. The lowest BCUT2D eigenvalue weighted by Gasteiger charge is -2.21. The molecule has 2 aliphatic heterocycles. The SMILES string of the molecule is Cl.O=C(O)[C@H]1CCCN1Cc1cccc2c1OCO2. The van der Waals surface area contributed by atoms with Gasteiger partial charge in [0.25, 0.3) is 0 Å². The molecule has 2 heterocycles. The van der Waals surface area contributed by atoms with Crippen molar-refractivity contribution in [2.24, 2.45) is 0 Å². The Morgan fingerprint density at radius 1 is 1.42 bits per heavy atom. The van der Waals surface area contributed by atoms with Gasteiger partial charge in [-0.2, -0.15) is 0 Å². The number of fused-ring (bicyclic) bond motifs is 1. The standard InChI is InChI=1S/C13H15NO4.ClH/c15-13(16)10-4-2-6-14(10)7-9-3-1-5-11-12(9)18-8-17-11;/h1,3,5,10H,2,4,6-8H2,(H,15,16);1H/t10-;/m1./s1. The van der Waals surface area contributed by atoms with Gasteiger partial charge in [0.1, 0.15) is 6.04 Å². The van der Waals surface area contributed by atoms with Crippen molar-refractivity contribution in [1.82, 2.24) is 4.90 Å². The van der Waals surface area contributed by atoms with Gasteiger partial charge in [-0.05, 0) is 25.5 Å². The maximum absolute atomic E-state index is 11.1. The van der Waals surface area contributed by atoms with E-state index in [1.807, 2.05) is 23.1 Å². The van der Waals surface area contributed by atoms with E-state index in [4.69, 9.17) is 14.6 Å². The monoisotopic (exact) mass is 285 g/mol. The van der Waals surface area contributed by atoms with E-state index in [1.165, 1.54) is 0 Å².